The van der Waals surface area contributed by atoms with Crippen LogP contribution in [0.25, 0.3) is 0 Å². The largest absolute Gasteiger partial charge is 0.325 e. The summed E-state index contributed by atoms with van der Waals surface area (Å²) in [5.41, 5.74) is 2.07. The Morgan fingerprint density at radius 2 is 2.09 bits per heavy atom. The average molecular weight is 337 g/mol. The lowest BCUT2D eigenvalue weighted by Crippen LogP contribution is -2.33. The van der Waals surface area contributed by atoms with Crippen LogP contribution in [0.1, 0.15) is 13.3 Å². The van der Waals surface area contributed by atoms with Crippen LogP contribution < -0.4 is 5.32 Å². The molecule has 0 aromatic rings. The molecule has 0 saturated carbocycles. The van der Waals surface area contributed by atoms with Gasteiger partial charge in [-0.15, -0.1) is 0 Å². The minimum atomic E-state index is -3.43. The Bertz CT molecular complexity index is 760. The molecular formula is C15H19N3O4S. The van der Waals surface area contributed by atoms with Crippen molar-refractivity contribution >= 4 is 27.5 Å². The number of aliphatic imine (C=N–C) groups is 1. The van der Waals surface area contributed by atoms with Crippen molar-refractivity contribution < 1.29 is 18.0 Å². The highest BCUT2D eigenvalue weighted by molar-refractivity contribution is 7.88. The molecule has 1 heterocycles. The summed E-state index contributed by atoms with van der Waals surface area (Å²) in [6.07, 6.45) is 8.58. The Kier molecular flexibility index (Phi) is 4.96. The topological polar surface area (TPSA) is 95.9 Å². The summed E-state index contributed by atoms with van der Waals surface area (Å²) in [6.45, 7) is 1.65. The highest BCUT2D eigenvalue weighted by Crippen LogP contribution is 2.28. The maximum atomic E-state index is 11.9. The molecule has 0 fully saturated rings. The summed E-state index contributed by atoms with van der Waals surface area (Å²) < 4.78 is 23.5. The molecule has 0 saturated heterocycles. The Morgan fingerprint density at radius 1 is 1.39 bits per heavy atom. The number of allylic oxidation sites excluding steroid dienone is 3. The van der Waals surface area contributed by atoms with Gasteiger partial charge in [-0.1, -0.05) is 18.6 Å². The van der Waals surface area contributed by atoms with Crippen molar-refractivity contribution in [3.8, 4) is 0 Å². The first-order valence-corrected chi connectivity index (χ1v) is 8.99. The van der Waals surface area contributed by atoms with Crippen molar-refractivity contribution in [3.63, 3.8) is 0 Å². The lowest BCUT2D eigenvalue weighted by atomic mass is 9.86. The molecule has 1 unspecified atom stereocenters. The minimum absolute atomic E-state index is 0.00885. The maximum Gasteiger partial charge on any atom is 0.261 e. The molecule has 0 spiro atoms. The first-order chi connectivity index (χ1) is 10.7. The Balaban J connectivity index is 2.17. The van der Waals surface area contributed by atoms with E-state index in [2.05, 4.69) is 10.3 Å². The highest BCUT2D eigenvalue weighted by atomic mass is 32.2. The van der Waals surface area contributed by atoms with Gasteiger partial charge in [-0.3, -0.25) is 9.59 Å². The van der Waals surface area contributed by atoms with E-state index in [0.29, 0.717) is 11.4 Å². The van der Waals surface area contributed by atoms with Gasteiger partial charge < -0.3 is 5.32 Å². The van der Waals surface area contributed by atoms with Gasteiger partial charge in [0.25, 0.3) is 5.91 Å². The number of rotatable bonds is 4. The van der Waals surface area contributed by atoms with Crippen LogP contribution in [-0.4, -0.2) is 50.1 Å². The summed E-state index contributed by atoms with van der Waals surface area (Å²) in [5.74, 6) is -0.770. The zero-order valence-corrected chi connectivity index (χ0v) is 14.1. The van der Waals surface area contributed by atoms with Crippen LogP contribution in [0.2, 0.25) is 0 Å². The first-order valence-electron chi connectivity index (χ1n) is 7.14. The fraction of sp³-hybridized carbons (Fsp3) is 0.400. The van der Waals surface area contributed by atoms with E-state index >= 15 is 0 Å². The van der Waals surface area contributed by atoms with Crippen LogP contribution >= 0.6 is 0 Å². The number of carbonyl (C=O) groups is 2. The number of fused-ring (bicyclic) bond motifs is 1. The number of sulfonamides is 1. The Morgan fingerprint density at radius 3 is 2.70 bits per heavy atom. The van der Waals surface area contributed by atoms with Crippen LogP contribution in [0.5, 0.6) is 0 Å². The van der Waals surface area contributed by atoms with Crippen molar-refractivity contribution in [1.82, 2.24) is 9.62 Å². The van der Waals surface area contributed by atoms with Crippen molar-refractivity contribution in [3.05, 3.63) is 35.6 Å². The van der Waals surface area contributed by atoms with Crippen molar-refractivity contribution in [2.45, 2.75) is 13.3 Å². The van der Waals surface area contributed by atoms with Crippen LogP contribution in [0.3, 0.4) is 0 Å². The second kappa shape index (κ2) is 6.59. The molecule has 23 heavy (non-hydrogen) atoms. The molecule has 8 heteroatoms. The van der Waals surface area contributed by atoms with E-state index in [4.69, 9.17) is 0 Å². The minimum Gasteiger partial charge on any atom is -0.325 e. The second-order valence-electron chi connectivity index (χ2n) is 5.45. The summed E-state index contributed by atoms with van der Waals surface area (Å²) in [6, 6.07) is 0. The number of nitrogens with one attached hydrogen (secondary N) is 1. The molecule has 1 aliphatic carbocycles. The summed E-state index contributed by atoms with van der Waals surface area (Å²) in [5, 5.41) is 2.75. The molecule has 0 radical (unpaired) electrons. The van der Waals surface area contributed by atoms with Crippen molar-refractivity contribution in [1.29, 1.82) is 0 Å². The van der Waals surface area contributed by atoms with Crippen LogP contribution in [0, 0.1) is 5.92 Å². The van der Waals surface area contributed by atoms with Gasteiger partial charge in [-0.05, 0) is 18.6 Å². The zero-order chi connectivity index (χ0) is 17.2. The molecule has 1 atom stereocenters. The molecular weight excluding hydrogens is 318 g/mol. The van der Waals surface area contributed by atoms with E-state index in [-0.39, 0.29) is 18.4 Å². The monoisotopic (exact) mass is 337 g/mol. The predicted molar refractivity (Wildman–Crippen MR) is 87.1 cm³/mol. The molecule has 2 amide bonds. The number of hydrogen-bond acceptors (Lipinski definition) is 4. The molecule has 1 N–H and O–H groups in total. The lowest BCUT2D eigenvalue weighted by molar-refractivity contribution is -0.118. The molecule has 7 nitrogen and oxygen atoms in total. The maximum absolute atomic E-state index is 11.9. The van der Waals surface area contributed by atoms with Gasteiger partial charge >= 0.3 is 0 Å². The van der Waals surface area contributed by atoms with Gasteiger partial charge in [-0.2, -0.15) is 4.31 Å². The van der Waals surface area contributed by atoms with E-state index in [9.17, 15) is 18.0 Å². The average Bonchev–Trinajstić information content (AvgIpc) is 2.44. The number of hydrogen-bond donors (Lipinski definition) is 1. The molecule has 0 aromatic heterocycles. The van der Waals surface area contributed by atoms with E-state index in [1.165, 1.54) is 7.05 Å². The normalized spacial score (nSPS) is 22.5. The van der Waals surface area contributed by atoms with Gasteiger partial charge in [0.05, 0.1) is 18.5 Å². The third kappa shape index (κ3) is 4.23. The summed E-state index contributed by atoms with van der Waals surface area (Å²) >= 11 is 0. The molecule has 0 aromatic carbocycles. The Labute approximate surface area is 135 Å². The summed E-state index contributed by atoms with van der Waals surface area (Å²) in [7, 11) is -2.11. The second-order valence-corrected chi connectivity index (χ2v) is 7.54. The number of amides is 2. The predicted octanol–water partition coefficient (Wildman–Crippen LogP) is 0.381. The van der Waals surface area contributed by atoms with Gasteiger partial charge in [0.15, 0.2) is 0 Å². The standard InChI is InChI=1S/C15H19N3O4S/c1-4-10-7-14(19)17-13-8-11(5-6-12(10)13)16-15(20)9-18(2)23(3,21)22/h5-8,12H,4,9H2,1-3H3,(H,17,19). The highest BCUT2D eigenvalue weighted by Gasteiger charge is 2.25. The molecule has 0 bridgehead atoms. The number of nitrogens with zero attached hydrogens (tertiary/aromatic N) is 2. The fourth-order valence-corrected chi connectivity index (χ4v) is 2.69. The molecule has 124 valence electrons. The quantitative estimate of drug-likeness (QED) is 0.802. The SMILES string of the molecule is CCC1=CC(=O)NC2=CC(=NC(=O)CN(C)S(C)(=O)=O)C=CC12. The third-order valence-corrected chi connectivity index (χ3v) is 4.93. The van der Waals surface area contributed by atoms with E-state index in [0.717, 1.165) is 22.6 Å². The van der Waals surface area contributed by atoms with Gasteiger partial charge in [0.2, 0.25) is 15.9 Å². The van der Waals surface area contributed by atoms with E-state index in [1.807, 2.05) is 13.0 Å². The zero-order valence-electron chi connectivity index (χ0n) is 13.2. The van der Waals surface area contributed by atoms with Crippen LogP contribution in [-0.2, 0) is 19.6 Å². The van der Waals surface area contributed by atoms with Crippen molar-refractivity contribution in [2.24, 2.45) is 10.9 Å². The molecule has 2 aliphatic rings. The fourth-order valence-electron chi connectivity index (χ4n) is 2.35. The molecule has 2 rings (SSSR count). The Hall–Kier alpha value is -2.06. The number of likely N-dealkylation sites (N-methyl/N-ethyl adjacent to an activating group) is 1. The van der Waals surface area contributed by atoms with E-state index in [1.54, 1.807) is 18.2 Å². The number of carbonyl (C=O) groups excluding carboxylic acids is 2. The lowest BCUT2D eigenvalue weighted by Gasteiger charge is -2.27. The first kappa shape index (κ1) is 17.3. The summed E-state index contributed by atoms with van der Waals surface area (Å²) in [4.78, 5) is 27.4. The van der Waals surface area contributed by atoms with Crippen LogP contribution in [0.15, 0.2) is 40.6 Å². The third-order valence-electron chi connectivity index (χ3n) is 3.67. The van der Waals surface area contributed by atoms with E-state index < -0.39 is 15.9 Å². The molecule has 1 aliphatic heterocycles. The van der Waals surface area contributed by atoms with Crippen molar-refractivity contribution in [2.75, 3.05) is 19.8 Å². The smallest absolute Gasteiger partial charge is 0.261 e. The van der Waals surface area contributed by atoms with Gasteiger partial charge in [0.1, 0.15) is 0 Å². The van der Waals surface area contributed by atoms with Crippen LogP contribution in [0.4, 0.5) is 0 Å². The van der Waals surface area contributed by atoms with Gasteiger partial charge in [-0.25, -0.2) is 13.4 Å². The van der Waals surface area contributed by atoms with Gasteiger partial charge in [0, 0.05) is 24.7 Å².